The molecule has 13 heavy (non-hydrogen) atoms. The minimum Gasteiger partial charge on any atom is -0.505 e. The highest BCUT2D eigenvalue weighted by Crippen LogP contribution is 2.26. The molecular formula is C9H7ClN2O. The largest absolute Gasteiger partial charge is 0.505 e. The molecule has 0 fully saturated rings. The lowest BCUT2D eigenvalue weighted by atomic mass is 10.1. The van der Waals surface area contributed by atoms with Crippen LogP contribution in [0.25, 0.3) is 10.9 Å². The van der Waals surface area contributed by atoms with Gasteiger partial charge in [0.05, 0.1) is 0 Å². The summed E-state index contributed by atoms with van der Waals surface area (Å²) in [7, 11) is 0. The van der Waals surface area contributed by atoms with Crippen LogP contribution in [0.15, 0.2) is 18.3 Å². The zero-order valence-corrected chi connectivity index (χ0v) is 7.71. The third kappa shape index (κ3) is 1.31. The summed E-state index contributed by atoms with van der Waals surface area (Å²) < 4.78 is 0. The maximum Gasteiger partial charge on any atom is 0.223 e. The Kier molecular flexibility index (Phi) is 1.81. The molecule has 1 aromatic carbocycles. The van der Waals surface area contributed by atoms with Crippen molar-refractivity contribution >= 4 is 22.5 Å². The van der Waals surface area contributed by atoms with Gasteiger partial charge in [0.15, 0.2) is 0 Å². The van der Waals surface area contributed by atoms with Crippen molar-refractivity contribution in [3.63, 3.8) is 0 Å². The molecule has 0 saturated carbocycles. The van der Waals surface area contributed by atoms with E-state index >= 15 is 0 Å². The molecule has 0 aliphatic rings. The maximum atomic E-state index is 9.63. The van der Waals surface area contributed by atoms with Crippen LogP contribution in [0.5, 0.6) is 5.75 Å². The van der Waals surface area contributed by atoms with Crippen molar-refractivity contribution in [2.24, 2.45) is 0 Å². The molecule has 3 nitrogen and oxygen atoms in total. The first-order chi connectivity index (χ1) is 6.18. The first kappa shape index (κ1) is 8.26. The first-order valence-corrected chi connectivity index (χ1v) is 4.17. The van der Waals surface area contributed by atoms with Gasteiger partial charge >= 0.3 is 0 Å². The van der Waals surface area contributed by atoms with Crippen LogP contribution in [0.1, 0.15) is 5.56 Å². The van der Waals surface area contributed by atoms with Gasteiger partial charge in [-0.2, -0.15) is 0 Å². The highest BCUT2D eigenvalue weighted by Gasteiger charge is 2.04. The lowest BCUT2D eigenvalue weighted by molar-refractivity contribution is 0.476. The monoisotopic (exact) mass is 194 g/mol. The van der Waals surface area contributed by atoms with Gasteiger partial charge in [-0.3, -0.25) is 0 Å². The van der Waals surface area contributed by atoms with Crippen LogP contribution in [-0.2, 0) is 0 Å². The molecule has 0 spiro atoms. The minimum atomic E-state index is 0.147. The molecule has 0 aliphatic heterocycles. The number of benzene rings is 1. The maximum absolute atomic E-state index is 9.63. The summed E-state index contributed by atoms with van der Waals surface area (Å²) >= 11 is 5.61. The van der Waals surface area contributed by atoms with Gasteiger partial charge in [-0.25, -0.2) is 9.97 Å². The van der Waals surface area contributed by atoms with Gasteiger partial charge in [-0.05, 0) is 24.1 Å². The van der Waals surface area contributed by atoms with Crippen LogP contribution < -0.4 is 0 Å². The number of phenols is 1. The van der Waals surface area contributed by atoms with E-state index in [2.05, 4.69) is 9.97 Å². The van der Waals surface area contributed by atoms with Gasteiger partial charge in [0.1, 0.15) is 11.3 Å². The van der Waals surface area contributed by atoms with Crippen molar-refractivity contribution in [2.45, 2.75) is 6.92 Å². The molecule has 0 aliphatic carbocycles. The number of hydrogen-bond acceptors (Lipinski definition) is 3. The molecular weight excluding hydrogens is 188 g/mol. The van der Waals surface area contributed by atoms with E-state index in [1.807, 2.05) is 19.1 Å². The Morgan fingerprint density at radius 1 is 1.38 bits per heavy atom. The minimum absolute atomic E-state index is 0.147. The Hall–Kier alpha value is -1.35. The summed E-state index contributed by atoms with van der Waals surface area (Å²) in [5, 5.41) is 10.6. The predicted molar refractivity (Wildman–Crippen MR) is 50.9 cm³/mol. The molecule has 1 aromatic heterocycles. The Morgan fingerprint density at radius 3 is 2.92 bits per heavy atom. The summed E-state index contributed by atoms with van der Waals surface area (Å²) in [5.41, 5.74) is 1.28. The Morgan fingerprint density at radius 2 is 2.15 bits per heavy atom. The quantitative estimate of drug-likeness (QED) is 0.655. The second kappa shape index (κ2) is 2.85. The fraction of sp³-hybridized carbons (Fsp3) is 0.111. The van der Waals surface area contributed by atoms with Crippen LogP contribution in [0.4, 0.5) is 0 Å². The van der Waals surface area contributed by atoms with Gasteiger partial charge in [-0.15, -0.1) is 0 Å². The highest BCUT2D eigenvalue weighted by atomic mass is 35.5. The summed E-state index contributed by atoms with van der Waals surface area (Å²) in [4.78, 5) is 7.76. The SMILES string of the molecule is Cc1ccc2cnc(Cl)nc2c1O. The van der Waals surface area contributed by atoms with Crippen molar-refractivity contribution in [1.29, 1.82) is 0 Å². The van der Waals surface area contributed by atoms with Crippen molar-refractivity contribution in [3.05, 3.63) is 29.2 Å². The smallest absolute Gasteiger partial charge is 0.223 e. The average Bonchev–Trinajstić information content (AvgIpc) is 2.12. The lowest BCUT2D eigenvalue weighted by Crippen LogP contribution is -1.86. The molecule has 66 valence electrons. The molecule has 0 unspecified atom stereocenters. The van der Waals surface area contributed by atoms with Crippen LogP contribution in [0, 0.1) is 6.92 Å². The number of hydrogen-bond donors (Lipinski definition) is 1. The second-order valence-electron chi connectivity index (χ2n) is 2.81. The summed E-state index contributed by atoms with van der Waals surface area (Å²) in [5.74, 6) is 0.168. The molecule has 0 atom stereocenters. The summed E-state index contributed by atoms with van der Waals surface area (Å²) in [6.45, 7) is 1.81. The number of nitrogens with zero attached hydrogens (tertiary/aromatic N) is 2. The van der Waals surface area contributed by atoms with Gasteiger partial charge in [-0.1, -0.05) is 12.1 Å². The van der Waals surface area contributed by atoms with Crippen molar-refractivity contribution in [2.75, 3.05) is 0 Å². The van der Waals surface area contributed by atoms with Crippen molar-refractivity contribution < 1.29 is 5.11 Å². The summed E-state index contributed by atoms with van der Waals surface area (Å²) in [6.07, 6.45) is 1.59. The van der Waals surface area contributed by atoms with Gasteiger partial charge < -0.3 is 5.11 Å². The molecule has 0 bridgehead atoms. The van der Waals surface area contributed by atoms with E-state index in [1.165, 1.54) is 0 Å². The Balaban J connectivity index is 2.89. The molecule has 0 saturated heterocycles. The van der Waals surface area contributed by atoms with Crippen LogP contribution >= 0.6 is 11.6 Å². The Bertz CT molecular complexity index is 465. The first-order valence-electron chi connectivity index (χ1n) is 3.79. The van der Waals surface area contributed by atoms with Crippen LogP contribution in [0.2, 0.25) is 5.28 Å². The highest BCUT2D eigenvalue weighted by molar-refractivity contribution is 6.28. The number of aromatic hydroxyl groups is 1. The van der Waals surface area contributed by atoms with Crippen LogP contribution in [-0.4, -0.2) is 15.1 Å². The van der Waals surface area contributed by atoms with E-state index in [1.54, 1.807) is 6.20 Å². The van der Waals surface area contributed by atoms with Gasteiger partial charge in [0.2, 0.25) is 5.28 Å². The van der Waals surface area contributed by atoms with Gasteiger partial charge in [0.25, 0.3) is 0 Å². The van der Waals surface area contributed by atoms with Gasteiger partial charge in [0, 0.05) is 11.6 Å². The van der Waals surface area contributed by atoms with E-state index in [0.29, 0.717) is 5.52 Å². The molecule has 2 rings (SSSR count). The van der Waals surface area contributed by atoms with E-state index in [4.69, 9.17) is 11.6 Å². The normalized spacial score (nSPS) is 10.6. The standard InChI is InChI=1S/C9H7ClN2O/c1-5-2-3-6-4-11-9(10)12-7(6)8(5)13/h2-4,13H,1H3. The second-order valence-corrected chi connectivity index (χ2v) is 3.15. The number of aryl methyl sites for hydroxylation is 1. The van der Waals surface area contributed by atoms with Crippen molar-refractivity contribution in [1.82, 2.24) is 9.97 Å². The van der Waals surface area contributed by atoms with E-state index in [9.17, 15) is 5.11 Å². The number of phenolic OH excluding ortho intramolecular Hbond substituents is 1. The molecule has 4 heteroatoms. The number of aromatic nitrogens is 2. The predicted octanol–water partition coefficient (Wildman–Crippen LogP) is 2.30. The number of halogens is 1. The zero-order valence-electron chi connectivity index (χ0n) is 6.95. The fourth-order valence-electron chi connectivity index (χ4n) is 1.16. The van der Waals surface area contributed by atoms with E-state index in [0.717, 1.165) is 10.9 Å². The number of fused-ring (bicyclic) bond motifs is 1. The lowest BCUT2D eigenvalue weighted by Gasteiger charge is -2.02. The van der Waals surface area contributed by atoms with Crippen molar-refractivity contribution in [3.8, 4) is 5.75 Å². The third-order valence-electron chi connectivity index (χ3n) is 1.90. The molecule has 0 amide bonds. The topological polar surface area (TPSA) is 46.0 Å². The molecule has 2 aromatic rings. The molecule has 1 heterocycles. The van der Waals surface area contributed by atoms with E-state index in [-0.39, 0.29) is 11.0 Å². The molecule has 0 radical (unpaired) electrons. The summed E-state index contributed by atoms with van der Waals surface area (Å²) in [6, 6.07) is 3.66. The fourth-order valence-corrected chi connectivity index (χ4v) is 1.30. The average molecular weight is 195 g/mol. The number of rotatable bonds is 0. The third-order valence-corrected chi connectivity index (χ3v) is 2.08. The molecule has 1 N–H and O–H groups in total. The van der Waals surface area contributed by atoms with Crippen LogP contribution in [0.3, 0.4) is 0 Å². The zero-order chi connectivity index (χ0) is 9.42. The van der Waals surface area contributed by atoms with E-state index < -0.39 is 0 Å². The Labute approximate surface area is 80.0 Å².